The molecule has 5 nitrogen and oxygen atoms in total. The molecule has 0 unspecified atom stereocenters. The predicted molar refractivity (Wildman–Crippen MR) is 73.2 cm³/mol. The van der Waals surface area contributed by atoms with E-state index < -0.39 is 10.0 Å². The Bertz CT molecular complexity index is 651. The molecule has 19 heavy (non-hydrogen) atoms. The van der Waals surface area contributed by atoms with E-state index in [1.54, 1.807) is 31.3 Å². The minimum Gasteiger partial charge on any atom is -0.391 e. The minimum atomic E-state index is -3.57. The van der Waals surface area contributed by atoms with Gasteiger partial charge in [-0.25, -0.2) is 13.1 Å². The van der Waals surface area contributed by atoms with Crippen molar-refractivity contribution >= 4 is 21.4 Å². The molecule has 0 radical (unpaired) electrons. The van der Waals surface area contributed by atoms with Crippen LogP contribution in [-0.2, 0) is 23.2 Å². The van der Waals surface area contributed by atoms with Gasteiger partial charge < -0.3 is 5.11 Å². The topological polar surface area (TPSA) is 79.3 Å². The van der Waals surface area contributed by atoms with Crippen LogP contribution in [0.3, 0.4) is 0 Å². The van der Waals surface area contributed by atoms with Crippen LogP contribution >= 0.6 is 11.3 Å². The summed E-state index contributed by atoms with van der Waals surface area (Å²) in [6.45, 7) is 1.72. The van der Waals surface area contributed by atoms with Crippen molar-refractivity contribution in [1.29, 1.82) is 0 Å². The summed E-state index contributed by atoms with van der Waals surface area (Å²) in [5.41, 5.74) is 0.654. The van der Waals surface area contributed by atoms with Gasteiger partial charge in [-0.3, -0.25) is 4.98 Å². The van der Waals surface area contributed by atoms with Gasteiger partial charge in [0.15, 0.2) is 0 Å². The Hall–Kier alpha value is -1.28. The van der Waals surface area contributed by atoms with Crippen LogP contribution in [0.5, 0.6) is 0 Å². The van der Waals surface area contributed by atoms with Gasteiger partial charge in [-0.15, -0.1) is 11.3 Å². The molecular formula is C12H14N2O3S2. The summed E-state index contributed by atoms with van der Waals surface area (Å²) in [4.78, 5) is 5.57. The van der Waals surface area contributed by atoms with E-state index in [9.17, 15) is 8.42 Å². The lowest BCUT2D eigenvalue weighted by atomic mass is 10.4. The summed E-state index contributed by atoms with van der Waals surface area (Å²) in [5.74, 6) is 0. The summed E-state index contributed by atoms with van der Waals surface area (Å²) in [7, 11) is -3.57. The van der Waals surface area contributed by atoms with Crippen LogP contribution in [-0.4, -0.2) is 18.5 Å². The molecule has 0 fully saturated rings. The monoisotopic (exact) mass is 298 g/mol. The number of thiophene rings is 1. The maximum atomic E-state index is 12.1. The van der Waals surface area contributed by atoms with Gasteiger partial charge in [0.25, 0.3) is 0 Å². The van der Waals surface area contributed by atoms with E-state index in [-0.39, 0.29) is 18.0 Å². The van der Waals surface area contributed by atoms with Gasteiger partial charge in [-0.05, 0) is 25.1 Å². The molecule has 2 heterocycles. The van der Waals surface area contributed by atoms with Gasteiger partial charge in [-0.1, -0.05) is 6.07 Å². The Labute approximate surface area is 116 Å². The average Bonchev–Trinajstić information content (AvgIpc) is 2.80. The summed E-state index contributed by atoms with van der Waals surface area (Å²) >= 11 is 1.28. The molecule has 0 aliphatic carbocycles. The highest BCUT2D eigenvalue weighted by Crippen LogP contribution is 2.25. The zero-order valence-electron chi connectivity index (χ0n) is 10.3. The fourth-order valence-corrected chi connectivity index (χ4v) is 4.11. The third-order valence-electron chi connectivity index (χ3n) is 2.54. The number of sulfonamides is 1. The maximum Gasteiger partial charge on any atom is 0.242 e. The number of hydrogen-bond acceptors (Lipinski definition) is 5. The van der Waals surface area contributed by atoms with Crippen molar-refractivity contribution in [3.8, 4) is 0 Å². The molecule has 0 saturated heterocycles. The number of nitrogens with one attached hydrogen (secondary N) is 1. The lowest BCUT2D eigenvalue weighted by Gasteiger charge is -2.05. The first kappa shape index (κ1) is 14.1. The molecule has 0 aliphatic rings. The number of nitrogens with zero attached hydrogens (tertiary/aromatic N) is 1. The molecule has 2 N–H and O–H groups in total. The molecule has 0 spiro atoms. The van der Waals surface area contributed by atoms with Crippen LogP contribution in [0, 0.1) is 6.92 Å². The lowest BCUT2D eigenvalue weighted by Crippen LogP contribution is -2.23. The first-order valence-corrected chi connectivity index (χ1v) is 7.92. The summed E-state index contributed by atoms with van der Waals surface area (Å²) in [5, 5.41) is 9.03. The van der Waals surface area contributed by atoms with E-state index >= 15 is 0 Å². The molecule has 0 aromatic carbocycles. The fourth-order valence-electron chi connectivity index (χ4n) is 1.62. The third-order valence-corrected chi connectivity index (χ3v) is 5.23. The highest BCUT2D eigenvalue weighted by molar-refractivity contribution is 7.89. The molecule has 0 bridgehead atoms. The normalized spacial score (nSPS) is 11.7. The zero-order chi connectivity index (χ0) is 13.9. The van der Waals surface area contributed by atoms with E-state index in [0.29, 0.717) is 15.4 Å². The van der Waals surface area contributed by atoms with Crippen LogP contribution in [0.4, 0.5) is 0 Å². The number of pyridine rings is 1. The van der Waals surface area contributed by atoms with Crippen molar-refractivity contribution in [3.05, 3.63) is 45.9 Å². The first-order chi connectivity index (χ1) is 9.03. The molecular weight excluding hydrogens is 284 g/mol. The van der Waals surface area contributed by atoms with Crippen molar-refractivity contribution in [2.45, 2.75) is 25.0 Å². The summed E-state index contributed by atoms with van der Waals surface area (Å²) < 4.78 is 26.8. The zero-order valence-corrected chi connectivity index (χ0v) is 12.0. The highest BCUT2D eigenvalue weighted by Gasteiger charge is 2.19. The van der Waals surface area contributed by atoms with Gasteiger partial charge in [0.05, 0.1) is 23.7 Å². The van der Waals surface area contributed by atoms with Crippen LogP contribution in [0.2, 0.25) is 0 Å². The number of hydrogen-bond donors (Lipinski definition) is 2. The number of aromatic nitrogens is 1. The Balaban J connectivity index is 2.16. The second-order valence-electron chi connectivity index (χ2n) is 3.94. The second kappa shape index (κ2) is 5.79. The smallest absolute Gasteiger partial charge is 0.242 e. The molecule has 102 valence electrons. The van der Waals surface area contributed by atoms with Crippen molar-refractivity contribution in [2.75, 3.05) is 0 Å². The average molecular weight is 298 g/mol. The van der Waals surface area contributed by atoms with E-state index in [0.717, 1.165) is 0 Å². The van der Waals surface area contributed by atoms with Crippen LogP contribution in [0.1, 0.15) is 15.4 Å². The molecule has 7 heteroatoms. The Morgan fingerprint density at radius 1 is 1.42 bits per heavy atom. The minimum absolute atomic E-state index is 0.146. The van der Waals surface area contributed by atoms with E-state index in [1.165, 1.54) is 17.4 Å². The molecule has 0 aliphatic heterocycles. The molecule has 2 aromatic rings. The van der Waals surface area contributed by atoms with Crippen LogP contribution in [0.25, 0.3) is 0 Å². The maximum absolute atomic E-state index is 12.1. The quantitative estimate of drug-likeness (QED) is 0.875. The first-order valence-electron chi connectivity index (χ1n) is 5.62. The third kappa shape index (κ3) is 3.38. The van der Waals surface area contributed by atoms with E-state index in [2.05, 4.69) is 9.71 Å². The van der Waals surface area contributed by atoms with Gasteiger partial charge in [0, 0.05) is 16.0 Å². The number of rotatable bonds is 5. The Morgan fingerprint density at radius 2 is 2.21 bits per heavy atom. The van der Waals surface area contributed by atoms with E-state index in [4.69, 9.17) is 5.11 Å². The molecule has 2 aromatic heterocycles. The van der Waals surface area contributed by atoms with Crippen molar-refractivity contribution in [1.82, 2.24) is 9.71 Å². The number of aliphatic hydroxyl groups is 1. The largest absolute Gasteiger partial charge is 0.391 e. The SMILES string of the molecule is Cc1sc(CO)cc1S(=O)(=O)NCc1ccccn1. The molecule has 2 rings (SSSR count). The second-order valence-corrected chi connectivity index (χ2v) is 7.01. The predicted octanol–water partition coefficient (Wildman–Crippen LogP) is 1.42. The summed E-state index contributed by atoms with van der Waals surface area (Å²) in [6.07, 6.45) is 1.61. The van der Waals surface area contributed by atoms with Gasteiger partial charge >= 0.3 is 0 Å². The fraction of sp³-hybridized carbons (Fsp3) is 0.250. The van der Waals surface area contributed by atoms with Crippen molar-refractivity contribution in [2.24, 2.45) is 0 Å². The number of aryl methyl sites for hydroxylation is 1. The van der Waals surface area contributed by atoms with Crippen LogP contribution < -0.4 is 4.72 Å². The van der Waals surface area contributed by atoms with Gasteiger partial charge in [-0.2, -0.15) is 0 Å². The molecule has 0 amide bonds. The van der Waals surface area contributed by atoms with E-state index in [1.807, 2.05) is 0 Å². The molecule has 0 atom stereocenters. The Morgan fingerprint density at radius 3 is 2.79 bits per heavy atom. The van der Waals surface area contributed by atoms with Gasteiger partial charge in [0.2, 0.25) is 10.0 Å². The highest BCUT2D eigenvalue weighted by atomic mass is 32.2. The Kier molecular flexibility index (Phi) is 4.31. The standard InChI is InChI=1S/C12H14N2O3S2/c1-9-12(6-11(8-15)18-9)19(16,17)14-7-10-4-2-3-5-13-10/h2-6,14-15H,7-8H2,1H3. The number of aliphatic hydroxyl groups excluding tert-OH is 1. The van der Waals surface area contributed by atoms with Crippen LogP contribution in [0.15, 0.2) is 35.4 Å². The summed E-state index contributed by atoms with van der Waals surface area (Å²) in [6, 6.07) is 6.83. The molecule has 0 saturated carbocycles. The van der Waals surface area contributed by atoms with Crippen molar-refractivity contribution in [3.63, 3.8) is 0 Å². The van der Waals surface area contributed by atoms with Gasteiger partial charge in [0.1, 0.15) is 0 Å². The lowest BCUT2D eigenvalue weighted by molar-refractivity contribution is 0.285. The van der Waals surface area contributed by atoms with Crippen molar-refractivity contribution < 1.29 is 13.5 Å².